The molecule has 0 aliphatic heterocycles. The summed E-state index contributed by atoms with van der Waals surface area (Å²) in [6, 6.07) is 16.3. The van der Waals surface area contributed by atoms with Crippen LogP contribution >= 0.6 is 0 Å². The fourth-order valence-electron chi connectivity index (χ4n) is 2.82. The number of methoxy groups -OCH3 is 1. The van der Waals surface area contributed by atoms with Crippen molar-refractivity contribution in [2.45, 2.75) is 26.6 Å². The van der Waals surface area contributed by atoms with Crippen LogP contribution in [0.25, 0.3) is 11.5 Å². The van der Waals surface area contributed by atoms with E-state index in [1.165, 1.54) is 11.1 Å². The molecule has 0 fully saturated rings. The minimum absolute atomic E-state index is 0.523. The van der Waals surface area contributed by atoms with Crippen LogP contribution in [-0.2, 0) is 24.4 Å². The molecule has 28 heavy (non-hydrogen) atoms. The van der Waals surface area contributed by atoms with Crippen LogP contribution < -0.4 is 10.6 Å². The molecule has 0 bridgehead atoms. The van der Waals surface area contributed by atoms with E-state index in [9.17, 15) is 0 Å². The van der Waals surface area contributed by atoms with Crippen molar-refractivity contribution in [2.24, 2.45) is 4.99 Å². The van der Waals surface area contributed by atoms with Gasteiger partial charge in [-0.2, -0.15) is 0 Å². The molecule has 6 nitrogen and oxygen atoms in total. The second-order valence-electron chi connectivity index (χ2n) is 6.49. The van der Waals surface area contributed by atoms with Gasteiger partial charge < -0.3 is 19.8 Å². The zero-order chi connectivity index (χ0) is 19.8. The summed E-state index contributed by atoms with van der Waals surface area (Å²) in [5, 5.41) is 6.59. The van der Waals surface area contributed by atoms with Crippen LogP contribution in [0, 0.1) is 6.92 Å². The second-order valence-corrected chi connectivity index (χ2v) is 6.49. The van der Waals surface area contributed by atoms with Gasteiger partial charge in [-0.05, 0) is 30.2 Å². The van der Waals surface area contributed by atoms with Gasteiger partial charge in [-0.25, -0.2) is 4.98 Å². The first-order valence-electron chi connectivity index (χ1n) is 9.21. The lowest BCUT2D eigenvalue weighted by atomic mass is 10.1. The second kappa shape index (κ2) is 9.71. The quantitative estimate of drug-likeness (QED) is 0.485. The third kappa shape index (κ3) is 5.20. The van der Waals surface area contributed by atoms with E-state index >= 15 is 0 Å². The maximum absolute atomic E-state index is 5.60. The Balaban J connectivity index is 1.55. The Kier molecular flexibility index (Phi) is 6.81. The van der Waals surface area contributed by atoms with Crippen LogP contribution in [0.2, 0.25) is 0 Å². The highest BCUT2D eigenvalue weighted by atomic mass is 16.5. The summed E-state index contributed by atoms with van der Waals surface area (Å²) in [4.78, 5) is 8.82. The first kappa shape index (κ1) is 19.6. The first-order chi connectivity index (χ1) is 13.7. The Bertz CT molecular complexity index is 916. The van der Waals surface area contributed by atoms with E-state index in [0.29, 0.717) is 31.5 Å². The van der Waals surface area contributed by atoms with Gasteiger partial charge in [-0.1, -0.05) is 42.0 Å². The van der Waals surface area contributed by atoms with Crippen molar-refractivity contribution in [3.8, 4) is 11.5 Å². The zero-order valence-corrected chi connectivity index (χ0v) is 16.5. The number of nitrogens with zero attached hydrogens (tertiary/aromatic N) is 2. The van der Waals surface area contributed by atoms with Crippen molar-refractivity contribution in [3.63, 3.8) is 0 Å². The number of ether oxygens (including phenoxy) is 1. The van der Waals surface area contributed by atoms with Gasteiger partial charge in [0, 0.05) is 26.3 Å². The fraction of sp³-hybridized carbons (Fsp3) is 0.273. The van der Waals surface area contributed by atoms with Crippen LogP contribution in [0.4, 0.5) is 0 Å². The molecule has 3 aromatic rings. The molecule has 1 heterocycles. The lowest BCUT2D eigenvalue weighted by Gasteiger charge is -2.13. The van der Waals surface area contributed by atoms with Crippen LogP contribution in [0.1, 0.15) is 22.4 Å². The normalized spacial score (nSPS) is 11.5. The molecule has 146 valence electrons. The molecule has 0 atom stereocenters. The summed E-state index contributed by atoms with van der Waals surface area (Å²) in [7, 11) is 3.45. The van der Waals surface area contributed by atoms with Gasteiger partial charge >= 0.3 is 0 Å². The van der Waals surface area contributed by atoms with E-state index in [-0.39, 0.29) is 0 Å². The molecular formula is C22H26N4O2. The predicted molar refractivity (Wildman–Crippen MR) is 111 cm³/mol. The van der Waals surface area contributed by atoms with Crippen LogP contribution in [-0.4, -0.2) is 25.1 Å². The summed E-state index contributed by atoms with van der Waals surface area (Å²) < 4.78 is 10.9. The highest BCUT2D eigenvalue weighted by Crippen LogP contribution is 2.19. The van der Waals surface area contributed by atoms with Crippen molar-refractivity contribution in [2.75, 3.05) is 14.2 Å². The van der Waals surface area contributed by atoms with E-state index in [0.717, 1.165) is 16.8 Å². The minimum Gasteiger partial charge on any atom is -0.444 e. The largest absolute Gasteiger partial charge is 0.444 e. The van der Waals surface area contributed by atoms with Crippen LogP contribution in [0.5, 0.6) is 0 Å². The summed E-state index contributed by atoms with van der Waals surface area (Å²) >= 11 is 0. The molecular weight excluding hydrogens is 352 g/mol. The number of aliphatic imine (C=N–C) groups is 1. The van der Waals surface area contributed by atoms with Gasteiger partial charge in [-0.3, -0.25) is 4.99 Å². The molecule has 6 heteroatoms. The van der Waals surface area contributed by atoms with Gasteiger partial charge in [0.05, 0.1) is 18.8 Å². The van der Waals surface area contributed by atoms with Gasteiger partial charge in [0.15, 0.2) is 5.96 Å². The molecule has 2 N–H and O–H groups in total. The Labute approximate surface area is 165 Å². The molecule has 3 rings (SSSR count). The van der Waals surface area contributed by atoms with E-state index in [1.54, 1.807) is 20.4 Å². The minimum atomic E-state index is 0.523. The maximum atomic E-state index is 5.60. The third-order valence-corrected chi connectivity index (χ3v) is 4.38. The van der Waals surface area contributed by atoms with E-state index in [2.05, 4.69) is 39.7 Å². The van der Waals surface area contributed by atoms with Crippen molar-refractivity contribution in [1.82, 2.24) is 15.6 Å². The average molecular weight is 378 g/mol. The highest BCUT2D eigenvalue weighted by Gasteiger charge is 2.08. The third-order valence-electron chi connectivity index (χ3n) is 4.38. The van der Waals surface area contributed by atoms with Crippen molar-refractivity contribution in [1.29, 1.82) is 0 Å². The van der Waals surface area contributed by atoms with Crippen LogP contribution in [0.15, 0.2) is 64.2 Å². The van der Waals surface area contributed by atoms with Gasteiger partial charge in [-0.15, -0.1) is 0 Å². The number of hydrogen-bond acceptors (Lipinski definition) is 4. The van der Waals surface area contributed by atoms with Crippen LogP contribution in [0.3, 0.4) is 0 Å². The first-order valence-corrected chi connectivity index (χ1v) is 9.21. The number of guanidine groups is 1. The zero-order valence-electron chi connectivity index (χ0n) is 16.5. The van der Waals surface area contributed by atoms with E-state index in [1.807, 2.05) is 36.4 Å². The number of aryl methyl sites for hydroxylation is 1. The van der Waals surface area contributed by atoms with E-state index in [4.69, 9.17) is 9.15 Å². The average Bonchev–Trinajstić information content (AvgIpc) is 3.19. The monoisotopic (exact) mass is 378 g/mol. The number of nitrogens with one attached hydrogen (secondary N) is 2. The molecule has 0 aliphatic carbocycles. The summed E-state index contributed by atoms with van der Waals surface area (Å²) in [6.45, 7) is 3.83. The molecule has 0 saturated carbocycles. The molecule has 0 saturated heterocycles. The molecule has 0 spiro atoms. The van der Waals surface area contributed by atoms with Gasteiger partial charge in [0.2, 0.25) is 5.89 Å². The smallest absolute Gasteiger partial charge is 0.226 e. The Morgan fingerprint density at radius 3 is 2.46 bits per heavy atom. The Morgan fingerprint density at radius 2 is 1.75 bits per heavy atom. The molecule has 0 amide bonds. The summed E-state index contributed by atoms with van der Waals surface area (Å²) in [5.41, 5.74) is 5.33. The number of oxazole rings is 1. The standard InChI is InChI=1S/C22H26N4O2/c1-16-8-10-17(11-9-16)21-26-20(15-28-21)13-25-22(23-2)24-12-18-6-4-5-7-19(18)14-27-3/h4-11,15H,12-14H2,1-3H3,(H2,23,24,25). The summed E-state index contributed by atoms with van der Waals surface area (Å²) in [6.07, 6.45) is 1.67. The number of rotatable bonds is 7. The Morgan fingerprint density at radius 1 is 1.04 bits per heavy atom. The van der Waals surface area contributed by atoms with Crippen molar-refractivity contribution in [3.05, 3.63) is 77.2 Å². The van der Waals surface area contributed by atoms with Crippen molar-refractivity contribution < 1.29 is 9.15 Å². The highest BCUT2D eigenvalue weighted by molar-refractivity contribution is 5.79. The molecule has 0 aliphatic rings. The number of hydrogen-bond donors (Lipinski definition) is 2. The SMILES string of the molecule is CN=C(NCc1coc(-c2ccc(C)cc2)n1)NCc1ccccc1COC. The lowest BCUT2D eigenvalue weighted by Crippen LogP contribution is -2.36. The summed E-state index contributed by atoms with van der Waals surface area (Å²) in [5.74, 6) is 1.32. The van der Waals surface area contributed by atoms with Gasteiger partial charge in [0.1, 0.15) is 6.26 Å². The Hall–Kier alpha value is -3.12. The predicted octanol–water partition coefficient (Wildman–Crippen LogP) is 3.66. The number of benzene rings is 2. The molecule has 2 aromatic carbocycles. The molecule has 1 aromatic heterocycles. The fourth-order valence-corrected chi connectivity index (χ4v) is 2.82. The lowest BCUT2D eigenvalue weighted by molar-refractivity contribution is 0.184. The van der Waals surface area contributed by atoms with Gasteiger partial charge in [0.25, 0.3) is 0 Å². The van der Waals surface area contributed by atoms with Crippen molar-refractivity contribution >= 4 is 5.96 Å². The topological polar surface area (TPSA) is 71.7 Å². The molecule has 0 radical (unpaired) electrons. The van der Waals surface area contributed by atoms with E-state index < -0.39 is 0 Å². The molecule has 0 unspecified atom stereocenters. The maximum Gasteiger partial charge on any atom is 0.226 e. The number of aromatic nitrogens is 1.